The first-order valence-electron chi connectivity index (χ1n) is 5.07. The predicted molar refractivity (Wildman–Crippen MR) is 53.1 cm³/mol. The molecule has 2 nitrogen and oxygen atoms in total. The predicted octanol–water partition coefficient (Wildman–Crippen LogP) is 1.45. The Labute approximate surface area is 76.1 Å². The molecular formula is C10H22N2. The fourth-order valence-electron chi connectivity index (χ4n) is 1.55. The molecule has 0 aromatic heterocycles. The Balaban J connectivity index is 2.13. The molecule has 1 fully saturated rings. The van der Waals surface area contributed by atoms with Crippen molar-refractivity contribution in [3.63, 3.8) is 0 Å². The van der Waals surface area contributed by atoms with Gasteiger partial charge in [-0.3, -0.25) is 0 Å². The van der Waals surface area contributed by atoms with Crippen LogP contribution in [0, 0.1) is 5.92 Å². The molecule has 0 spiro atoms. The van der Waals surface area contributed by atoms with E-state index in [1.807, 2.05) is 0 Å². The van der Waals surface area contributed by atoms with Gasteiger partial charge in [0.05, 0.1) is 0 Å². The number of rotatable bonds is 5. The molecule has 12 heavy (non-hydrogen) atoms. The van der Waals surface area contributed by atoms with Gasteiger partial charge >= 0.3 is 0 Å². The number of hydrogen-bond donors (Lipinski definition) is 1. The van der Waals surface area contributed by atoms with Gasteiger partial charge in [0, 0.05) is 12.1 Å². The number of nitrogens with two attached hydrogens (primary N) is 1. The fraction of sp³-hybridized carbons (Fsp3) is 1.00. The lowest BCUT2D eigenvalue weighted by Gasteiger charge is -2.25. The summed E-state index contributed by atoms with van der Waals surface area (Å²) in [6.45, 7) is 5.56. The Morgan fingerprint density at radius 1 is 1.42 bits per heavy atom. The van der Waals surface area contributed by atoms with Crippen molar-refractivity contribution >= 4 is 0 Å². The largest absolute Gasteiger partial charge is 0.328 e. The van der Waals surface area contributed by atoms with Crippen LogP contribution in [-0.4, -0.2) is 30.6 Å². The summed E-state index contributed by atoms with van der Waals surface area (Å²) >= 11 is 0. The van der Waals surface area contributed by atoms with Crippen LogP contribution in [0.3, 0.4) is 0 Å². The van der Waals surface area contributed by atoms with Crippen molar-refractivity contribution in [2.45, 2.75) is 45.2 Å². The van der Waals surface area contributed by atoms with Crippen molar-refractivity contribution in [3.05, 3.63) is 0 Å². The van der Waals surface area contributed by atoms with Gasteiger partial charge < -0.3 is 10.6 Å². The van der Waals surface area contributed by atoms with Crippen molar-refractivity contribution in [3.8, 4) is 0 Å². The Morgan fingerprint density at radius 3 is 2.42 bits per heavy atom. The second-order valence-corrected chi connectivity index (χ2v) is 4.32. The zero-order chi connectivity index (χ0) is 9.14. The Hall–Kier alpha value is -0.0800. The van der Waals surface area contributed by atoms with Gasteiger partial charge in [0.2, 0.25) is 0 Å². The Kier molecular flexibility index (Phi) is 3.53. The van der Waals surface area contributed by atoms with E-state index in [4.69, 9.17) is 5.73 Å². The molecule has 0 saturated heterocycles. The van der Waals surface area contributed by atoms with E-state index < -0.39 is 0 Å². The van der Waals surface area contributed by atoms with E-state index in [1.165, 1.54) is 12.8 Å². The van der Waals surface area contributed by atoms with Crippen LogP contribution < -0.4 is 5.73 Å². The molecule has 1 aliphatic carbocycles. The third-order valence-electron chi connectivity index (χ3n) is 2.94. The van der Waals surface area contributed by atoms with Crippen LogP contribution in [0.1, 0.15) is 33.1 Å². The average Bonchev–Trinajstić information content (AvgIpc) is 2.80. The summed E-state index contributed by atoms with van der Waals surface area (Å²) in [5.41, 5.74) is 5.71. The summed E-state index contributed by atoms with van der Waals surface area (Å²) < 4.78 is 0. The molecule has 0 radical (unpaired) electrons. The van der Waals surface area contributed by atoms with E-state index in [9.17, 15) is 0 Å². The summed E-state index contributed by atoms with van der Waals surface area (Å²) in [7, 11) is 2.21. The summed E-state index contributed by atoms with van der Waals surface area (Å²) in [5, 5.41) is 0. The third kappa shape index (κ3) is 3.11. The van der Waals surface area contributed by atoms with Crippen molar-refractivity contribution < 1.29 is 0 Å². The van der Waals surface area contributed by atoms with Crippen LogP contribution in [0.5, 0.6) is 0 Å². The van der Waals surface area contributed by atoms with E-state index in [2.05, 4.69) is 25.8 Å². The highest BCUT2D eigenvalue weighted by Crippen LogP contribution is 2.34. The number of hydrogen-bond acceptors (Lipinski definition) is 2. The smallest absolute Gasteiger partial charge is 0.00921 e. The third-order valence-corrected chi connectivity index (χ3v) is 2.94. The first-order chi connectivity index (χ1) is 5.61. The minimum Gasteiger partial charge on any atom is -0.328 e. The van der Waals surface area contributed by atoms with Gasteiger partial charge in [-0.1, -0.05) is 0 Å². The maximum Gasteiger partial charge on any atom is 0.00921 e. The van der Waals surface area contributed by atoms with Gasteiger partial charge in [0.25, 0.3) is 0 Å². The van der Waals surface area contributed by atoms with Crippen LogP contribution in [0.15, 0.2) is 0 Å². The van der Waals surface area contributed by atoms with E-state index in [0.29, 0.717) is 6.04 Å². The zero-order valence-electron chi connectivity index (χ0n) is 8.59. The van der Waals surface area contributed by atoms with E-state index in [1.54, 1.807) is 0 Å². The molecule has 0 amide bonds. The quantitative estimate of drug-likeness (QED) is 0.676. The maximum absolute atomic E-state index is 5.71. The molecule has 72 valence electrons. The van der Waals surface area contributed by atoms with Crippen molar-refractivity contribution in [1.82, 2.24) is 4.90 Å². The molecule has 0 aliphatic heterocycles. The molecule has 0 aromatic rings. The van der Waals surface area contributed by atoms with Gasteiger partial charge in [-0.05, 0) is 52.6 Å². The lowest BCUT2D eigenvalue weighted by Crippen LogP contribution is -2.34. The first kappa shape index (κ1) is 10.0. The molecule has 2 atom stereocenters. The van der Waals surface area contributed by atoms with Crippen LogP contribution >= 0.6 is 0 Å². The van der Waals surface area contributed by atoms with Crippen molar-refractivity contribution in [2.75, 3.05) is 13.6 Å². The highest BCUT2D eigenvalue weighted by Gasteiger charge is 2.30. The molecule has 1 rings (SSSR count). The molecule has 1 aliphatic rings. The molecule has 2 N–H and O–H groups in total. The minimum atomic E-state index is 0.346. The minimum absolute atomic E-state index is 0.346. The van der Waals surface area contributed by atoms with Gasteiger partial charge in [0.15, 0.2) is 0 Å². The average molecular weight is 170 g/mol. The maximum atomic E-state index is 5.71. The Bertz CT molecular complexity index is 130. The highest BCUT2D eigenvalue weighted by atomic mass is 15.1. The van der Waals surface area contributed by atoms with Gasteiger partial charge in [-0.25, -0.2) is 0 Å². The van der Waals surface area contributed by atoms with Crippen molar-refractivity contribution in [2.24, 2.45) is 11.7 Å². The van der Waals surface area contributed by atoms with Crippen molar-refractivity contribution in [1.29, 1.82) is 0 Å². The molecule has 0 heterocycles. The van der Waals surface area contributed by atoms with Gasteiger partial charge in [0.1, 0.15) is 0 Å². The number of nitrogens with zero attached hydrogens (tertiary/aromatic N) is 1. The van der Waals surface area contributed by atoms with E-state index in [-0.39, 0.29) is 0 Å². The van der Waals surface area contributed by atoms with E-state index >= 15 is 0 Å². The van der Waals surface area contributed by atoms with Crippen LogP contribution in [0.25, 0.3) is 0 Å². The fourth-order valence-corrected chi connectivity index (χ4v) is 1.55. The summed E-state index contributed by atoms with van der Waals surface area (Å²) in [6.07, 6.45) is 3.99. The lowest BCUT2D eigenvalue weighted by atomic mass is 10.1. The molecule has 2 unspecified atom stereocenters. The zero-order valence-corrected chi connectivity index (χ0v) is 8.59. The van der Waals surface area contributed by atoms with Gasteiger partial charge in [-0.2, -0.15) is 0 Å². The normalized spacial score (nSPS) is 22.8. The Morgan fingerprint density at radius 2 is 2.00 bits per heavy atom. The molecule has 0 aromatic carbocycles. The monoisotopic (exact) mass is 170 g/mol. The molecular weight excluding hydrogens is 148 g/mol. The van der Waals surface area contributed by atoms with Crippen LogP contribution in [0.4, 0.5) is 0 Å². The summed E-state index contributed by atoms with van der Waals surface area (Å²) in [6, 6.07) is 1.11. The second-order valence-electron chi connectivity index (χ2n) is 4.32. The standard InChI is InChI=1S/C10H22N2/c1-8(11)6-7-12(3)9(2)10-4-5-10/h8-10H,4-7,11H2,1-3H3. The van der Waals surface area contributed by atoms with Crippen LogP contribution in [-0.2, 0) is 0 Å². The highest BCUT2D eigenvalue weighted by molar-refractivity contribution is 4.84. The lowest BCUT2D eigenvalue weighted by molar-refractivity contribution is 0.228. The molecule has 0 bridgehead atoms. The van der Waals surface area contributed by atoms with Gasteiger partial charge in [-0.15, -0.1) is 0 Å². The van der Waals surface area contributed by atoms with E-state index in [0.717, 1.165) is 24.9 Å². The SMILES string of the molecule is CC(N)CCN(C)C(C)C1CC1. The first-order valence-corrected chi connectivity index (χ1v) is 5.07. The summed E-state index contributed by atoms with van der Waals surface area (Å²) in [4.78, 5) is 2.45. The second kappa shape index (κ2) is 4.24. The molecule has 1 saturated carbocycles. The van der Waals surface area contributed by atoms with Crippen LogP contribution in [0.2, 0.25) is 0 Å². The molecule has 2 heteroatoms. The summed E-state index contributed by atoms with van der Waals surface area (Å²) in [5.74, 6) is 0.975. The topological polar surface area (TPSA) is 29.3 Å².